The molecule has 0 rings (SSSR count). The van der Waals surface area contributed by atoms with Gasteiger partial charge in [0, 0.05) is 6.04 Å². The van der Waals surface area contributed by atoms with Gasteiger partial charge in [-0.3, -0.25) is 0 Å². The molecule has 0 aliphatic carbocycles. The summed E-state index contributed by atoms with van der Waals surface area (Å²) in [7, 11) is 0. The second-order valence-corrected chi connectivity index (χ2v) is 5.94. The summed E-state index contributed by atoms with van der Waals surface area (Å²) in [6, 6.07) is 0.726. The Morgan fingerprint density at radius 3 is 2.07 bits per heavy atom. The summed E-state index contributed by atoms with van der Waals surface area (Å²) >= 11 is 0. The fourth-order valence-corrected chi connectivity index (χ4v) is 1.78. The molecule has 0 saturated carbocycles. The van der Waals surface area contributed by atoms with Crippen LogP contribution in [0.3, 0.4) is 0 Å². The zero-order chi connectivity index (χ0) is 11.9. The summed E-state index contributed by atoms with van der Waals surface area (Å²) in [5.41, 5.74) is 0.444. The molecule has 0 aromatic carbocycles. The average Bonchev–Trinajstić information content (AvgIpc) is 2.13. The third-order valence-corrected chi connectivity index (χ3v) is 3.44. The fourth-order valence-electron chi connectivity index (χ4n) is 1.78. The highest BCUT2D eigenvalue weighted by molar-refractivity contribution is 4.76. The van der Waals surface area contributed by atoms with Crippen LogP contribution in [0.5, 0.6) is 0 Å². The lowest BCUT2D eigenvalue weighted by molar-refractivity contribution is 0.218. The van der Waals surface area contributed by atoms with Crippen molar-refractivity contribution in [1.29, 1.82) is 0 Å². The van der Waals surface area contributed by atoms with Crippen molar-refractivity contribution in [3.8, 4) is 0 Å². The van der Waals surface area contributed by atoms with E-state index in [0.29, 0.717) is 5.41 Å². The quantitative estimate of drug-likeness (QED) is 0.667. The highest BCUT2D eigenvalue weighted by Crippen LogP contribution is 2.29. The van der Waals surface area contributed by atoms with E-state index >= 15 is 0 Å². The van der Waals surface area contributed by atoms with E-state index in [1.807, 2.05) is 0 Å². The normalized spacial score (nSPS) is 16.4. The zero-order valence-electron chi connectivity index (χ0n) is 11.7. The van der Waals surface area contributed by atoms with Crippen molar-refractivity contribution >= 4 is 0 Å². The second kappa shape index (κ2) is 7.27. The van der Waals surface area contributed by atoms with Gasteiger partial charge in [-0.25, -0.2) is 0 Å². The lowest BCUT2D eigenvalue weighted by atomic mass is 9.78. The van der Waals surface area contributed by atoms with Crippen LogP contribution in [-0.4, -0.2) is 12.6 Å². The molecule has 0 fully saturated rings. The van der Waals surface area contributed by atoms with E-state index in [4.69, 9.17) is 0 Å². The molecule has 1 nitrogen and oxygen atoms in total. The molecule has 0 bridgehead atoms. The maximum atomic E-state index is 3.67. The highest BCUT2D eigenvalue weighted by atomic mass is 14.9. The smallest absolute Gasteiger partial charge is 0.00696 e. The van der Waals surface area contributed by atoms with Crippen LogP contribution in [0.25, 0.3) is 0 Å². The molecule has 0 aromatic rings. The maximum Gasteiger partial charge on any atom is 0.00696 e. The van der Waals surface area contributed by atoms with Crippen molar-refractivity contribution in [2.75, 3.05) is 6.54 Å². The van der Waals surface area contributed by atoms with Gasteiger partial charge in [0.15, 0.2) is 0 Å². The SMILES string of the molecule is CCCNC(CCC)CC(C)C(C)(C)C. The maximum absolute atomic E-state index is 3.67. The predicted molar refractivity (Wildman–Crippen MR) is 70.2 cm³/mol. The molecule has 92 valence electrons. The molecule has 1 heteroatoms. The van der Waals surface area contributed by atoms with Crippen molar-refractivity contribution in [3.63, 3.8) is 0 Å². The first kappa shape index (κ1) is 15.0. The van der Waals surface area contributed by atoms with Crippen LogP contribution in [0, 0.1) is 11.3 Å². The third kappa shape index (κ3) is 6.94. The largest absolute Gasteiger partial charge is 0.314 e. The molecular formula is C14H31N. The Kier molecular flexibility index (Phi) is 7.25. The molecule has 0 heterocycles. The summed E-state index contributed by atoms with van der Waals surface area (Å²) in [5, 5.41) is 3.67. The standard InChI is InChI=1S/C14H31N/c1-7-9-13(15-10-8-2)11-12(3)14(4,5)6/h12-13,15H,7-11H2,1-6H3. The zero-order valence-corrected chi connectivity index (χ0v) is 11.7. The summed E-state index contributed by atoms with van der Waals surface area (Å²) < 4.78 is 0. The van der Waals surface area contributed by atoms with E-state index in [1.54, 1.807) is 0 Å². The lowest BCUT2D eigenvalue weighted by Crippen LogP contribution is -2.34. The Bertz CT molecular complexity index is 146. The van der Waals surface area contributed by atoms with Gasteiger partial charge in [0.25, 0.3) is 0 Å². The minimum Gasteiger partial charge on any atom is -0.314 e. The molecule has 0 aliphatic heterocycles. The summed E-state index contributed by atoms with van der Waals surface area (Å²) in [4.78, 5) is 0. The summed E-state index contributed by atoms with van der Waals surface area (Å²) in [5.74, 6) is 0.790. The van der Waals surface area contributed by atoms with E-state index in [-0.39, 0.29) is 0 Å². The molecule has 0 spiro atoms. The van der Waals surface area contributed by atoms with Crippen molar-refractivity contribution in [3.05, 3.63) is 0 Å². The molecule has 15 heavy (non-hydrogen) atoms. The molecule has 1 N–H and O–H groups in total. The van der Waals surface area contributed by atoms with Crippen LogP contribution in [0.4, 0.5) is 0 Å². The average molecular weight is 213 g/mol. The van der Waals surface area contributed by atoms with E-state index in [9.17, 15) is 0 Å². The first-order chi connectivity index (χ1) is 6.91. The van der Waals surface area contributed by atoms with E-state index < -0.39 is 0 Å². The molecule has 2 atom stereocenters. The second-order valence-electron chi connectivity index (χ2n) is 5.94. The van der Waals surface area contributed by atoms with Gasteiger partial charge in [0.2, 0.25) is 0 Å². The van der Waals surface area contributed by atoms with Crippen LogP contribution in [-0.2, 0) is 0 Å². The lowest BCUT2D eigenvalue weighted by Gasteiger charge is -2.31. The van der Waals surface area contributed by atoms with E-state index in [1.165, 1.54) is 32.2 Å². The van der Waals surface area contributed by atoms with Gasteiger partial charge in [0.05, 0.1) is 0 Å². The first-order valence-corrected chi connectivity index (χ1v) is 6.65. The molecule has 0 aliphatic rings. The number of hydrogen-bond acceptors (Lipinski definition) is 1. The Hall–Kier alpha value is -0.0400. The third-order valence-electron chi connectivity index (χ3n) is 3.44. The van der Waals surface area contributed by atoms with Gasteiger partial charge in [-0.1, -0.05) is 48.0 Å². The van der Waals surface area contributed by atoms with Crippen molar-refractivity contribution in [1.82, 2.24) is 5.32 Å². The summed E-state index contributed by atoms with van der Waals surface area (Å²) in [6.45, 7) is 15.1. The van der Waals surface area contributed by atoms with Crippen LogP contribution < -0.4 is 5.32 Å². The monoisotopic (exact) mass is 213 g/mol. The van der Waals surface area contributed by atoms with Gasteiger partial charge >= 0.3 is 0 Å². The Balaban J connectivity index is 4.03. The van der Waals surface area contributed by atoms with E-state index in [2.05, 4.69) is 46.9 Å². The molecule has 0 saturated heterocycles. The van der Waals surface area contributed by atoms with Crippen LogP contribution in [0.15, 0.2) is 0 Å². The van der Waals surface area contributed by atoms with E-state index in [0.717, 1.165) is 12.0 Å². The fraction of sp³-hybridized carbons (Fsp3) is 1.00. The Morgan fingerprint density at radius 1 is 1.07 bits per heavy atom. The Morgan fingerprint density at radius 2 is 1.67 bits per heavy atom. The minimum atomic E-state index is 0.444. The van der Waals surface area contributed by atoms with Crippen LogP contribution in [0.1, 0.15) is 67.2 Å². The van der Waals surface area contributed by atoms with Crippen molar-refractivity contribution in [2.24, 2.45) is 11.3 Å². The molecule has 0 aromatic heterocycles. The topological polar surface area (TPSA) is 12.0 Å². The Labute approximate surface area is 97.0 Å². The number of hydrogen-bond donors (Lipinski definition) is 1. The van der Waals surface area contributed by atoms with Gasteiger partial charge < -0.3 is 5.32 Å². The van der Waals surface area contributed by atoms with Gasteiger partial charge in [-0.2, -0.15) is 0 Å². The molecule has 2 unspecified atom stereocenters. The predicted octanol–water partition coefficient (Wildman–Crippen LogP) is 4.23. The van der Waals surface area contributed by atoms with Crippen molar-refractivity contribution in [2.45, 2.75) is 73.3 Å². The van der Waals surface area contributed by atoms with Gasteiger partial charge in [-0.15, -0.1) is 0 Å². The van der Waals surface area contributed by atoms with Crippen LogP contribution in [0.2, 0.25) is 0 Å². The minimum absolute atomic E-state index is 0.444. The first-order valence-electron chi connectivity index (χ1n) is 6.65. The summed E-state index contributed by atoms with van der Waals surface area (Å²) in [6.07, 6.45) is 5.17. The number of nitrogens with one attached hydrogen (secondary N) is 1. The van der Waals surface area contributed by atoms with Crippen molar-refractivity contribution < 1.29 is 0 Å². The molecule has 0 radical (unpaired) electrons. The highest BCUT2D eigenvalue weighted by Gasteiger charge is 2.22. The molecular weight excluding hydrogens is 182 g/mol. The molecule has 0 amide bonds. The van der Waals surface area contributed by atoms with Gasteiger partial charge in [-0.05, 0) is 37.1 Å². The van der Waals surface area contributed by atoms with Gasteiger partial charge in [0.1, 0.15) is 0 Å². The number of rotatable bonds is 7. The van der Waals surface area contributed by atoms with Crippen LogP contribution >= 0.6 is 0 Å².